The molecule has 2 unspecified atom stereocenters. The summed E-state index contributed by atoms with van der Waals surface area (Å²) in [6, 6.07) is 5.48. The number of aliphatic hydroxyl groups excluding tert-OH is 1. The molecular weight excluding hydrogens is 241 g/mol. The fourth-order valence-corrected chi connectivity index (χ4v) is 3.38. The van der Waals surface area contributed by atoms with Crippen molar-refractivity contribution in [1.82, 2.24) is 4.90 Å². The zero-order chi connectivity index (χ0) is 13.2. The Bertz CT molecular complexity index is 531. The molecule has 0 amide bonds. The van der Waals surface area contributed by atoms with Crippen molar-refractivity contribution in [2.24, 2.45) is 5.92 Å². The molecule has 2 nitrogen and oxygen atoms in total. The van der Waals surface area contributed by atoms with Crippen molar-refractivity contribution in [1.29, 1.82) is 0 Å². The Balaban J connectivity index is 1.80. The third-order valence-electron chi connectivity index (χ3n) is 4.27. The van der Waals surface area contributed by atoms with E-state index >= 15 is 0 Å². The summed E-state index contributed by atoms with van der Waals surface area (Å²) in [6.45, 7) is 1.82. The van der Waals surface area contributed by atoms with E-state index in [-0.39, 0.29) is 12.4 Å². The van der Waals surface area contributed by atoms with Crippen molar-refractivity contribution < 1.29 is 9.50 Å². The molecule has 0 spiro atoms. The van der Waals surface area contributed by atoms with E-state index in [9.17, 15) is 4.39 Å². The Labute approximate surface area is 113 Å². The first kappa shape index (κ1) is 12.7. The van der Waals surface area contributed by atoms with Gasteiger partial charge in [-0.2, -0.15) is 0 Å². The molecule has 1 aliphatic carbocycles. The van der Waals surface area contributed by atoms with Crippen molar-refractivity contribution in [2.45, 2.75) is 31.8 Å². The number of aliphatic hydroxyl groups is 1. The molecule has 1 aromatic carbocycles. The molecule has 1 saturated heterocycles. The summed E-state index contributed by atoms with van der Waals surface area (Å²) in [4.78, 5) is 2.49. The summed E-state index contributed by atoms with van der Waals surface area (Å²) < 4.78 is 13.3. The first-order valence-electron chi connectivity index (χ1n) is 6.88. The second-order valence-corrected chi connectivity index (χ2v) is 5.52. The van der Waals surface area contributed by atoms with Crippen LogP contribution in [-0.4, -0.2) is 29.2 Å². The smallest absolute Gasteiger partial charge is 0.124 e. The molecule has 2 aliphatic rings. The molecule has 0 aromatic heterocycles. The first-order valence-corrected chi connectivity index (χ1v) is 6.88. The number of fused-ring (bicyclic) bond motifs is 2. The zero-order valence-corrected chi connectivity index (χ0v) is 10.9. The van der Waals surface area contributed by atoms with Gasteiger partial charge in [0.15, 0.2) is 0 Å². The van der Waals surface area contributed by atoms with Crippen LogP contribution in [0.25, 0.3) is 0 Å². The lowest BCUT2D eigenvalue weighted by Gasteiger charge is -2.27. The van der Waals surface area contributed by atoms with Gasteiger partial charge in [0.2, 0.25) is 0 Å². The van der Waals surface area contributed by atoms with Gasteiger partial charge in [-0.3, -0.25) is 4.90 Å². The number of piperidine rings is 1. The number of hydrogen-bond acceptors (Lipinski definition) is 2. The quantitative estimate of drug-likeness (QED) is 0.823. The second kappa shape index (κ2) is 5.32. The van der Waals surface area contributed by atoms with Gasteiger partial charge in [-0.1, -0.05) is 17.9 Å². The minimum Gasteiger partial charge on any atom is -0.384 e. The van der Waals surface area contributed by atoms with Gasteiger partial charge in [-0.05, 0) is 42.9 Å². The minimum atomic E-state index is -0.270. The van der Waals surface area contributed by atoms with Crippen LogP contribution in [-0.2, 0) is 6.54 Å². The standard InChI is InChI=1S/C16H18FNO/c17-15-5-4-14(13(9-15)2-1-7-19)11-18-10-12-3-6-16(18)8-12/h4-5,9,12,16,19H,3,6-8,10-11H2. The van der Waals surface area contributed by atoms with Crippen LogP contribution in [0.1, 0.15) is 30.4 Å². The zero-order valence-electron chi connectivity index (χ0n) is 10.9. The predicted octanol–water partition coefficient (Wildman–Crippen LogP) is 2.15. The Morgan fingerprint density at radius 2 is 2.26 bits per heavy atom. The van der Waals surface area contributed by atoms with Gasteiger partial charge in [0.25, 0.3) is 0 Å². The second-order valence-electron chi connectivity index (χ2n) is 5.52. The number of halogens is 1. The molecule has 3 rings (SSSR count). The van der Waals surface area contributed by atoms with E-state index in [1.165, 1.54) is 31.4 Å². The molecule has 1 aromatic rings. The van der Waals surface area contributed by atoms with Crippen LogP contribution in [0.3, 0.4) is 0 Å². The summed E-state index contributed by atoms with van der Waals surface area (Å²) in [5.74, 6) is 6.06. The van der Waals surface area contributed by atoms with E-state index in [1.54, 1.807) is 0 Å². The fraction of sp³-hybridized carbons (Fsp3) is 0.500. The number of hydrogen-bond donors (Lipinski definition) is 1. The van der Waals surface area contributed by atoms with E-state index in [0.29, 0.717) is 11.6 Å². The molecule has 2 bridgehead atoms. The van der Waals surface area contributed by atoms with Crippen LogP contribution >= 0.6 is 0 Å². The minimum absolute atomic E-state index is 0.190. The molecule has 2 fully saturated rings. The van der Waals surface area contributed by atoms with Crippen LogP contribution in [0.2, 0.25) is 0 Å². The van der Waals surface area contributed by atoms with Gasteiger partial charge in [0.1, 0.15) is 12.4 Å². The number of nitrogens with zero attached hydrogens (tertiary/aromatic N) is 1. The number of likely N-dealkylation sites (tertiary alicyclic amines) is 1. The average molecular weight is 259 g/mol. The maximum absolute atomic E-state index is 13.3. The Morgan fingerprint density at radius 3 is 2.95 bits per heavy atom. The van der Waals surface area contributed by atoms with E-state index in [0.717, 1.165) is 24.6 Å². The van der Waals surface area contributed by atoms with E-state index in [1.807, 2.05) is 6.07 Å². The lowest BCUT2D eigenvalue weighted by Crippen LogP contribution is -2.31. The van der Waals surface area contributed by atoms with E-state index in [2.05, 4.69) is 16.7 Å². The van der Waals surface area contributed by atoms with Gasteiger partial charge in [-0.15, -0.1) is 0 Å². The Hall–Kier alpha value is -1.37. The first-order chi connectivity index (χ1) is 9.26. The molecule has 1 heterocycles. The molecule has 3 heteroatoms. The lowest BCUT2D eigenvalue weighted by molar-refractivity contribution is 0.205. The van der Waals surface area contributed by atoms with Gasteiger partial charge in [-0.25, -0.2) is 4.39 Å². The van der Waals surface area contributed by atoms with E-state index in [4.69, 9.17) is 5.11 Å². The molecule has 19 heavy (non-hydrogen) atoms. The molecule has 1 N–H and O–H groups in total. The predicted molar refractivity (Wildman–Crippen MR) is 71.9 cm³/mol. The maximum atomic E-state index is 13.3. The topological polar surface area (TPSA) is 23.5 Å². The van der Waals surface area contributed by atoms with Crippen LogP contribution < -0.4 is 0 Å². The van der Waals surface area contributed by atoms with E-state index < -0.39 is 0 Å². The third-order valence-corrected chi connectivity index (χ3v) is 4.27. The number of benzene rings is 1. The Kier molecular flexibility index (Phi) is 3.54. The van der Waals surface area contributed by atoms with Crippen molar-refractivity contribution in [3.8, 4) is 11.8 Å². The molecular formula is C16H18FNO. The van der Waals surface area contributed by atoms with Gasteiger partial charge in [0.05, 0.1) is 0 Å². The fourth-order valence-electron chi connectivity index (χ4n) is 3.38. The normalized spacial score (nSPS) is 25.4. The Morgan fingerprint density at radius 1 is 1.37 bits per heavy atom. The highest BCUT2D eigenvalue weighted by atomic mass is 19.1. The summed E-state index contributed by atoms with van der Waals surface area (Å²) in [5.41, 5.74) is 1.77. The van der Waals surface area contributed by atoms with Crippen LogP contribution in [0.5, 0.6) is 0 Å². The largest absolute Gasteiger partial charge is 0.384 e. The molecule has 1 saturated carbocycles. The highest BCUT2D eigenvalue weighted by molar-refractivity contribution is 5.42. The molecule has 100 valence electrons. The lowest BCUT2D eigenvalue weighted by atomic mass is 10.0. The van der Waals surface area contributed by atoms with Gasteiger partial charge >= 0.3 is 0 Å². The monoisotopic (exact) mass is 259 g/mol. The average Bonchev–Trinajstić information content (AvgIpc) is 3.01. The van der Waals surface area contributed by atoms with Crippen molar-refractivity contribution in [3.05, 3.63) is 35.1 Å². The van der Waals surface area contributed by atoms with Crippen molar-refractivity contribution in [2.75, 3.05) is 13.2 Å². The summed E-state index contributed by atoms with van der Waals surface area (Å²) in [5, 5.41) is 8.78. The summed E-state index contributed by atoms with van der Waals surface area (Å²) >= 11 is 0. The molecule has 0 radical (unpaired) electrons. The molecule has 2 atom stereocenters. The maximum Gasteiger partial charge on any atom is 0.124 e. The highest BCUT2D eigenvalue weighted by Crippen LogP contribution is 2.38. The molecule has 1 aliphatic heterocycles. The highest BCUT2D eigenvalue weighted by Gasteiger charge is 2.37. The third kappa shape index (κ3) is 2.65. The summed E-state index contributed by atoms with van der Waals surface area (Å²) in [7, 11) is 0. The van der Waals surface area contributed by atoms with Gasteiger partial charge in [0, 0.05) is 24.7 Å². The van der Waals surface area contributed by atoms with Crippen molar-refractivity contribution in [3.63, 3.8) is 0 Å². The number of rotatable bonds is 2. The van der Waals surface area contributed by atoms with Crippen LogP contribution in [0.15, 0.2) is 18.2 Å². The van der Waals surface area contributed by atoms with Crippen LogP contribution in [0.4, 0.5) is 4.39 Å². The SMILES string of the molecule is OCC#Cc1cc(F)ccc1CN1CC2CCC1C2. The van der Waals surface area contributed by atoms with Gasteiger partial charge < -0.3 is 5.11 Å². The van der Waals surface area contributed by atoms with Crippen molar-refractivity contribution >= 4 is 0 Å². The summed E-state index contributed by atoms with van der Waals surface area (Å²) in [6.07, 6.45) is 3.98. The van der Waals surface area contributed by atoms with Crippen LogP contribution in [0, 0.1) is 23.6 Å².